The van der Waals surface area contributed by atoms with E-state index < -0.39 is 0 Å². The predicted molar refractivity (Wildman–Crippen MR) is 112 cm³/mol. The highest BCUT2D eigenvalue weighted by Gasteiger charge is 2.14. The first-order chi connectivity index (χ1) is 14.2. The lowest BCUT2D eigenvalue weighted by Gasteiger charge is -2.15. The van der Waals surface area contributed by atoms with Crippen molar-refractivity contribution in [1.82, 2.24) is 10.3 Å². The van der Waals surface area contributed by atoms with E-state index in [1.54, 1.807) is 19.5 Å². The maximum absolute atomic E-state index is 5.96. The Bertz CT molecular complexity index is 982. The van der Waals surface area contributed by atoms with Crippen LogP contribution in [0.2, 0.25) is 0 Å². The van der Waals surface area contributed by atoms with E-state index in [9.17, 15) is 0 Å². The quantitative estimate of drug-likeness (QED) is 0.540. The number of ether oxygens (including phenoxy) is 4. The van der Waals surface area contributed by atoms with E-state index in [4.69, 9.17) is 18.9 Å². The first kappa shape index (κ1) is 19.5. The van der Waals surface area contributed by atoms with Crippen LogP contribution in [0.4, 0.5) is 0 Å². The fourth-order valence-corrected chi connectivity index (χ4v) is 3.66. The number of hydrogen-bond acceptors (Lipinski definition) is 6. The van der Waals surface area contributed by atoms with Gasteiger partial charge in [-0.2, -0.15) is 0 Å². The number of nitrogens with zero attached hydrogens (tertiary/aromatic N) is 1. The molecular formula is C22H21BrN2O4. The molecule has 0 atom stereocenters. The van der Waals surface area contributed by atoms with Gasteiger partial charge in [0, 0.05) is 31.0 Å². The van der Waals surface area contributed by atoms with E-state index in [1.807, 2.05) is 42.5 Å². The molecule has 7 heteroatoms. The van der Waals surface area contributed by atoms with Crippen LogP contribution < -0.4 is 24.3 Å². The van der Waals surface area contributed by atoms with Gasteiger partial charge in [-0.1, -0.05) is 12.1 Å². The van der Waals surface area contributed by atoms with Gasteiger partial charge in [0.2, 0.25) is 6.79 Å². The third-order valence-corrected chi connectivity index (χ3v) is 5.08. The average Bonchev–Trinajstić information content (AvgIpc) is 3.21. The van der Waals surface area contributed by atoms with Crippen LogP contribution in [0.1, 0.15) is 16.7 Å². The molecule has 4 rings (SSSR count). The number of hydrogen-bond donors (Lipinski definition) is 1. The molecule has 150 valence electrons. The summed E-state index contributed by atoms with van der Waals surface area (Å²) >= 11 is 3.60. The number of halogens is 1. The summed E-state index contributed by atoms with van der Waals surface area (Å²) in [6, 6.07) is 13.9. The minimum absolute atomic E-state index is 0.287. The summed E-state index contributed by atoms with van der Waals surface area (Å²) in [7, 11) is 1.64. The molecule has 0 saturated heterocycles. The number of pyridine rings is 1. The monoisotopic (exact) mass is 456 g/mol. The highest BCUT2D eigenvalue weighted by atomic mass is 79.9. The summed E-state index contributed by atoms with van der Waals surface area (Å²) in [4.78, 5) is 4.11. The van der Waals surface area contributed by atoms with E-state index in [2.05, 4.69) is 26.2 Å². The topological polar surface area (TPSA) is 61.8 Å². The Morgan fingerprint density at radius 2 is 1.90 bits per heavy atom. The molecule has 0 spiro atoms. The first-order valence-corrected chi connectivity index (χ1v) is 9.99. The zero-order chi connectivity index (χ0) is 20.1. The number of methoxy groups -OCH3 is 1. The summed E-state index contributed by atoms with van der Waals surface area (Å²) in [5, 5.41) is 3.44. The van der Waals surface area contributed by atoms with Crippen LogP contribution in [0.3, 0.4) is 0 Å². The van der Waals surface area contributed by atoms with Crippen molar-refractivity contribution in [2.24, 2.45) is 0 Å². The van der Waals surface area contributed by atoms with Crippen LogP contribution in [-0.2, 0) is 19.7 Å². The number of aromatic nitrogens is 1. The van der Waals surface area contributed by atoms with Crippen LogP contribution in [0.25, 0.3) is 0 Å². The Kier molecular flexibility index (Phi) is 6.17. The fraction of sp³-hybridized carbons (Fsp3) is 0.227. The Balaban J connectivity index is 1.38. The molecule has 1 N–H and O–H groups in total. The number of benzene rings is 2. The SMILES string of the molecule is COc1cc(CNCc2ccc3c(c2)OCO3)cc(Br)c1OCc1cccnc1. The maximum atomic E-state index is 5.96. The molecule has 2 heterocycles. The molecule has 6 nitrogen and oxygen atoms in total. The van der Waals surface area contributed by atoms with Gasteiger partial charge < -0.3 is 24.3 Å². The highest BCUT2D eigenvalue weighted by Crippen LogP contribution is 2.37. The van der Waals surface area contributed by atoms with Crippen molar-refractivity contribution in [2.75, 3.05) is 13.9 Å². The zero-order valence-corrected chi connectivity index (χ0v) is 17.6. The van der Waals surface area contributed by atoms with Crippen molar-refractivity contribution < 1.29 is 18.9 Å². The molecule has 0 bridgehead atoms. The van der Waals surface area contributed by atoms with Crippen molar-refractivity contribution in [3.63, 3.8) is 0 Å². The Labute approximate surface area is 177 Å². The Morgan fingerprint density at radius 1 is 1.03 bits per heavy atom. The van der Waals surface area contributed by atoms with E-state index in [1.165, 1.54) is 0 Å². The third kappa shape index (κ3) is 4.81. The third-order valence-electron chi connectivity index (χ3n) is 4.49. The van der Waals surface area contributed by atoms with Crippen LogP contribution in [0.5, 0.6) is 23.0 Å². The number of nitrogens with one attached hydrogen (secondary N) is 1. The van der Waals surface area contributed by atoms with E-state index in [0.717, 1.165) is 39.2 Å². The zero-order valence-electron chi connectivity index (χ0n) is 16.0. The molecule has 0 fully saturated rings. The summed E-state index contributed by atoms with van der Waals surface area (Å²) in [6.45, 7) is 2.11. The molecule has 0 saturated carbocycles. The Morgan fingerprint density at radius 3 is 2.72 bits per heavy atom. The number of rotatable bonds is 8. The van der Waals surface area contributed by atoms with Crippen LogP contribution >= 0.6 is 15.9 Å². The van der Waals surface area contributed by atoms with E-state index in [-0.39, 0.29) is 6.79 Å². The second kappa shape index (κ2) is 9.15. The molecule has 1 aromatic heterocycles. The summed E-state index contributed by atoms with van der Waals surface area (Å²) in [6.07, 6.45) is 3.53. The van der Waals surface area contributed by atoms with Gasteiger partial charge in [-0.25, -0.2) is 0 Å². The molecular weight excluding hydrogens is 436 g/mol. The van der Waals surface area contributed by atoms with Crippen LogP contribution in [0, 0.1) is 0 Å². The Hall–Kier alpha value is -2.77. The largest absolute Gasteiger partial charge is 0.493 e. The molecule has 1 aliphatic rings. The second-order valence-corrected chi connectivity index (χ2v) is 7.40. The lowest BCUT2D eigenvalue weighted by atomic mass is 10.1. The molecule has 29 heavy (non-hydrogen) atoms. The minimum atomic E-state index is 0.287. The van der Waals surface area contributed by atoms with Gasteiger partial charge in [-0.15, -0.1) is 0 Å². The van der Waals surface area contributed by atoms with E-state index in [0.29, 0.717) is 24.7 Å². The van der Waals surface area contributed by atoms with Crippen molar-refractivity contribution in [3.05, 3.63) is 76.0 Å². The molecule has 0 amide bonds. The molecule has 0 aliphatic carbocycles. The smallest absolute Gasteiger partial charge is 0.231 e. The van der Waals surface area contributed by atoms with Crippen molar-refractivity contribution in [2.45, 2.75) is 19.7 Å². The van der Waals surface area contributed by atoms with E-state index >= 15 is 0 Å². The van der Waals surface area contributed by atoms with Gasteiger partial charge in [-0.05, 0) is 57.4 Å². The molecule has 0 unspecified atom stereocenters. The van der Waals surface area contributed by atoms with Gasteiger partial charge in [0.25, 0.3) is 0 Å². The van der Waals surface area contributed by atoms with Gasteiger partial charge in [0.15, 0.2) is 23.0 Å². The summed E-state index contributed by atoms with van der Waals surface area (Å²) < 4.78 is 23.1. The van der Waals surface area contributed by atoms with Gasteiger partial charge in [0.05, 0.1) is 11.6 Å². The lowest BCUT2D eigenvalue weighted by Crippen LogP contribution is -2.13. The normalized spacial score (nSPS) is 12.1. The van der Waals surface area contributed by atoms with Gasteiger partial charge >= 0.3 is 0 Å². The lowest BCUT2D eigenvalue weighted by molar-refractivity contribution is 0.174. The first-order valence-electron chi connectivity index (χ1n) is 9.20. The molecule has 3 aromatic rings. The molecule has 0 radical (unpaired) electrons. The fourth-order valence-electron chi connectivity index (χ4n) is 3.06. The minimum Gasteiger partial charge on any atom is -0.493 e. The van der Waals surface area contributed by atoms with Crippen molar-refractivity contribution >= 4 is 15.9 Å². The molecule has 1 aliphatic heterocycles. The maximum Gasteiger partial charge on any atom is 0.231 e. The van der Waals surface area contributed by atoms with Crippen LogP contribution in [-0.4, -0.2) is 18.9 Å². The highest BCUT2D eigenvalue weighted by molar-refractivity contribution is 9.10. The van der Waals surface area contributed by atoms with Crippen molar-refractivity contribution in [1.29, 1.82) is 0 Å². The summed E-state index contributed by atoms with van der Waals surface area (Å²) in [5.41, 5.74) is 3.22. The average molecular weight is 457 g/mol. The van der Waals surface area contributed by atoms with Crippen molar-refractivity contribution in [3.8, 4) is 23.0 Å². The second-order valence-electron chi connectivity index (χ2n) is 6.55. The molecule has 2 aromatic carbocycles. The van der Waals surface area contributed by atoms with Crippen LogP contribution in [0.15, 0.2) is 59.3 Å². The van der Waals surface area contributed by atoms with Gasteiger partial charge in [0.1, 0.15) is 6.61 Å². The standard InChI is InChI=1S/C22H21BrN2O4/c1-26-21-9-17(7-18(23)22(21)27-13-16-3-2-6-24-11-16)12-25-10-15-4-5-19-20(8-15)29-14-28-19/h2-9,11,25H,10,12-14H2,1H3. The summed E-state index contributed by atoms with van der Waals surface area (Å²) in [5.74, 6) is 2.95. The number of fused-ring (bicyclic) bond motifs is 1. The van der Waals surface area contributed by atoms with Gasteiger partial charge in [-0.3, -0.25) is 4.98 Å². The predicted octanol–water partition coefficient (Wildman–Crippen LogP) is 4.45.